The number of piperidine rings is 1. The summed E-state index contributed by atoms with van der Waals surface area (Å²) >= 11 is 10.9. The van der Waals surface area contributed by atoms with Crippen LogP contribution in [0.1, 0.15) is 30.1 Å². The molecular formula is C20H21ClN4O5S2. The summed E-state index contributed by atoms with van der Waals surface area (Å²) < 4.78 is 27.1. The van der Waals surface area contributed by atoms with Gasteiger partial charge in [0.15, 0.2) is 5.11 Å². The van der Waals surface area contributed by atoms with Crippen LogP contribution >= 0.6 is 23.8 Å². The van der Waals surface area contributed by atoms with Crippen LogP contribution in [0.3, 0.4) is 0 Å². The smallest absolute Gasteiger partial charge is 0.288 e. The molecule has 1 fully saturated rings. The molecule has 2 aromatic rings. The van der Waals surface area contributed by atoms with Gasteiger partial charge in [0.25, 0.3) is 11.6 Å². The highest BCUT2D eigenvalue weighted by molar-refractivity contribution is 7.89. The first-order valence-electron chi connectivity index (χ1n) is 9.74. The summed E-state index contributed by atoms with van der Waals surface area (Å²) in [5.41, 5.74) is 0.101. The number of benzene rings is 2. The van der Waals surface area contributed by atoms with Crippen molar-refractivity contribution < 1.29 is 18.1 Å². The van der Waals surface area contributed by atoms with Gasteiger partial charge < -0.3 is 5.32 Å². The van der Waals surface area contributed by atoms with Gasteiger partial charge in [-0.2, -0.15) is 4.31 Å². The van der Waals surface area contributed by atoms with E-state index in [0.29, 0.717) is 24.7 Å². The van der Waals surface area contributed by atoms with E-state index in [2.05, 4.69) is 17.6 Å². The first-order valence-corrected chi connectivity index (χ1v) is 12.0. The van der Waals surface area contributed by atoms with E-state index in [0.717, 1.165) is 18.9 Å². The number of nitrogens with zero attached hydrogens (tertiary/aromatic N) is 2. The van der Waals surface area contributed by atoms with Gasteiger partial charge in [0.05, 0.1) is 9.82 Å². The monoisotopic (exact) mass is 496 g/mol. The van der Waals surface area contributed by atoms with Gasteiger partial charge in [-0.3, -0.25) is 20.2 Å². The van der Waals surface area contributed by atoms with Crippen LogP contribution in [0.15, 0.2) is 47.4 Å². The van der Waals surface area contributed by atoms with Gasteiger partial charge in [-0.15, -0.1) is 0 Å². The Morgan fingerprint density at radius 1 is 1.19 bits per heavy atom. The minimum absolute atomic E-state index is 0.0162. The van der Waals surface area contributed by atoms with Crippen LogP contribution in [0, 0.1) is 16.0 Å². The Morgan fingerprint density at radius 3 is 2.41 bits per heavy atom. The van der Waals surface area contributed by atoms with Crippen LogP contribution in [-0.4, -0.2) is 41.8 Å². The number of rotatable bonds is 5. The summed E-state index contributed by atoms with van der Waals surface area (Å²) in [6.07, 6.45) is 1.67. The van der Waals surface area contributed by atoms with E-state index in [9.17, 15) is 23.3 Å². The molecule has 1 aliphatic heterocycles. The first kappa shape index (κ1) is 24.1. The van der Waals surface area contributed by atoms with Crippen molar-refractivity contribution in [3.63, 3.8) is 0 Å². The van der Waals surface area contributed by atoms with Gasteiger partial charge in [0, 0.05) is 30.4 Å². The van der Waals surface area contributed by atoms with Crippen LogP contribution < -0.4 is 10.6 Å². The molecule has 1 saturated heterocycles. The van der Waals surface area contributed by atoms with Gasteiger partial charge in [-0.05, 0) is 67.4 Å². The Kier molecular flexibility index (Phi) is 7.44. The van der Waals surface area contributed by atoms with Gasteiger partial charge in [0.2, 0.25) is 10.0 Å². The van der Waals surface area contributed by atoms with E-state index < -0.39 is 26.5 Å². The molecule has 2 aromatic carbocycles. The molecule has 0 atom stereocenters. The largest absolute Gasteiger partial charge is 0.332 e. The third-order valence-corrected chi connectivity index (χ3v) is 7.56. The lowest BCUT2D eigenvalue weighted by atomic mass is 10.0. The predicted molar refractivity (Wildman–Crippen MR) is 125 cm³/mol. The number of thiocarbonyl (C=S) groups is 1. The molecule has 32 heavy (non-hydrogen) atoms. The van der Waals surface area contributed by atoms with Crippen LogP contribution in [0.5, 0.6) is 0 Å². The Morgan fingerprint density at radius 2 is 1.81 bits per heavy atom. The van der Waals surface area contributed by atoms with Crippen molar-refractivity contribution in [1.82, 2.24) is 9.62 Å². The van der Waals surface area contributed by atoms with Gasteiger partial charge in [-0.1, -0.05) is 18.5 Å². The number of halogens is 1. The molecule has 1 heterocycles. The van der Waals surface area contributed by atoms with Crippen molar-refractivity contribution in [3.05, 3.63) is 63.2 Å². The summed E-state index contributed by atoms with van der Waals surface area (Å²) in [6.45, 7) is 3.12. The molecule has 1 aliphatic rings. The summed E-state index contributed by atoms with van der Waals surface area (Å²) in [6, 6.07) is 9.70. The van der Waals surface area contributed by atoms with E-state index in [4.69, 9.17) is 23.8 Å². The Hall–Kier alpha value is -2.60. The van der Waals surface area contributed by atoms with Crippen LogP contribution in [0.25, 0.3) is 0 Å². The van der Waals surface area contributed by atoms with Crippen LogP contribution in [0.2, 0.25) is 5.02 Å². The minimum atomic E-state index is -3.56. The second-order valence-corrected chi connectivity index (χ2v) is 10.2. The summed E-state index contributed by atoms with van der Waals surface area (Å²) in [4.78, 5) is 22.8. The Labute approximate surface area is 195 Å². The lowest BCUT2D eigenvalue weighted by Crippen LogP contribution is -2.37. The van der Waals surface area contributed by atoms with Crippen LogP contribution in [0.4, 0.5) is 11.4 Å². The summed E-state index contributed by atoms with van der Waals surface area (Å²) in [7, 11) is -3.56. The topological polar surface area (TPSA) is 122 Å². The van der Waals surface area contributed by atoms with E-state index in [1.807, 2.05) is 0 Å². The lowest BCUT2D eigenvalue weighted by molar-refractivity contribution is -0.384. The molecule has 170 valence electrons. The number of sulfonamides is 1. The number of nitro groups is 1. The summed E-state index contributed by atoms with van der Waals surface area (Å²) in [5.74, 6) is -0.135. The fourth-order valence-corrected chi connectivity index (χ4v) is 5.08. The molecule has 0 aromatic heterocycles. The highest BCUT2D eigenvalue weighted by atomic mass is 35.5. The van der Waals surface area contributed by atoms with Crippen molar-refractivity contribution >= 4 is 56.2 Å². The maximum absolute atomic E-state index is 12.8. The first-order chi connectivity index (χ1) is 15.1. The maximum atomic E-state index is 12.8. The molecule has 12 heteroatoms. The molecule has 3 rings (SSSR count). The molecule has 0 unspecified atom stereocenters. The average Bonchev–Trinajstić information content (AvgIpc) is 2.74. The number of carbonyl (C=O) groups is 1. The molecular weight excluding hydrogens is 476 g/mol. The van der Waals surface area contributed by atoms with Gasteiger partial charge in [-0.25, -0.2) is 8.42 Å². The Bertz CT molecular complexity index is 1150. The standard InChI is InChI=1S/C20H21ClN4O5S2/c1-13-8-10-24(11-9-13)32(29,30)16-5-3-15(4-6-16)22-20(31)23-19(26)14-2-7-17(21)18(12-14)25(27)28/h2-7,12-13H,8-11H2,1H3,(H2,22,23,26,31). The second-order valence-electron chi connectivity index (χ2n) is 7.44. The normalized spacial score (nSPS) is 15.2. The van der Waals surface area contributed by atoms with E-state index in [1.165, 1.54) is 28.6 Å². The number of hydrogen-bond acceptors (Lipinski definition) is 6. The molecule has 0 spiro atoms. The number of anilines is 1. The SMILES string of the molecule is CC1CCN(S(=O)(=O)c2ccc(NC(=S)NC(=O)c3ccc(Cl)c([N+](=O)[O-])c3)cc2)CC1. The zero-order chi connectivity index (χ0) is 23.5. The third kappa shape index (κ3) is 5.60. The Balaban J connectivity index is 1.63. The highest BCUT2D eigenvalue weighted by Gasteiger charge is 2.28. The van der Waals surface area contributed by atoms with Crippen molar-refractivity contribution in [1.29, 1.82) is 0 Å². The molecule has 2 N–H and O–H groups in total. The minimum Gasteiger partial charge on any atom is -0.332 e. The molecule has 0 bridgehead atoms. The number of amides is 1. The molecule has 1 amide bonds. The lowest BCUT2D eigenvalue weighted by Gasteiger charge is -2.29. The molecule has 0 aliphatic carbocycles. The fourth-order valence-electron chi connectivity index (χ4n) is 3.22. The zero-order valence-electron chi connectivity index (χ0n) is 17.1. The van der Waals surface area contributed by atoms with E-state index >= 15 is 0 Å². The van der Waals surface area contributed by atoms with E-state index in [-0.39, 0.29) is 20.6 Å². The molecule has 9 nitrogen and oxygen atoms in total. The number of hydrogen-bond donors (Lipinski definition) is 2. The number of carbonyl (C=O) groups excluding carboxylic acids is 1. The number of nitrogens with one attached hydrogen (secondary N) is 2. The van der Waals surface area contributed by atoms with Crippen molar-refractivity contribution in [2.24, 2.45) is 5.92 Å². The quantitative estimate of drug-likeness (QED) is 0.367. The van der Waals surface area contributed by atoms with Crippen molar-refractivity contribution in [2.75, 3.05) is 18.4 Å². The predicted octanol–water partition coefficient (Wildman–Crippen LogP) is 3.80. The van der Waals surface area contributed by atoms with Gasteiger partial charge in [0.1, 0.15) is 5.02 Å². The molecule has 0 saturated carbocycles. The van der Waals surface area contributed by atoms with Crippen molar-refractivity contribution in [2.45, 2.75) is 24.7 Å². The number of nitro benzene ring substituents is 1. The van der Waals surface area contributed by atoms with Crippen LogP contribution in [-0.2, 0) is 10.0 Å². The average molecular weight is 497 g/mol. The maximum Gasteiger partial charge on any atom is 0.288 e. The van der Waals surface area contributed by atoms with E-state index in [1.54, 1.807) is 12.1 Å². The third-order valence-electron chi connectivity index (χ3n) is 5.12. The summed E-state index contributed by atoms with van der Waals surface area (Å²) in [5, 5.41) is 16.1. The fraction of sp³-hybridized carbons (Fsp3) is 0.300. The van der Waals surface area contributed by atoms with Gasteiger partial charge >= 0.3 is 0 Å². The zero-order valence-corrected chi connectivity index (χ0v) is 19.5. The van der Waals surface area contributed by atoms with Crippen molar-refractivity contribution in [3.8, 4) is 0 Å². The highest BCUT2D eigenvalue weighted by Crippen LogP contribution is 2.26. The molecule has 0 radical (unpaired) electrons. The second kappa shape index (κ2) is 9.90.